The number of rotatable bonds is 2. The largest absolute Gasteiger partial charge is 0.352 e. The molecule has 0 N–H and O–H groups in total. The zero-order valence-corrected chi connectivity index (χ0v) is 17.0. The summed E-state index contributed by atoms with van der Waals surface area (Å²) in [4.78, 5) is 29.5. The number of hydrogen-bond donors (Lipinski definition) is 0. The van der Waals surface area contributed by atoms with E-state index >= 15 is 0 Å². The molecule has 30 heavy (non-hydrogen) atoms. The second-order valence-electron chi connectivity index (χ2n) is 7.00. The van der Waals surface area contributed by atoms with Crippen molar-refractivity contribution >= 4 is 22.6 Å². The molecule has 148 valence electrons. The molecule has 0 saturated heterocycles. The third-order valence-corrected chi connectivity index (χ3v) is 5.47. The van der Waals surface area contributed by atoms with Gasteiger partial charge >= 0.3 is 5.69 Å². The maximum atomic E-state index is 12.9. The van der Waals surface area contributed by atoms with E-state index in [0.717, 1.165) is 21.3 Å². The molecule has 0 spiro atoms. The minimum atomic E-state index is -0.629. The van der Waals surface area contributed by atoms with Crippen LogP contribution in [0.1, 0.15) is 5.69 Å². The van der Waals surface area contributed by atoms with E-state index < -0.39 is 11.2 Å². The van der Waals surface area contributed by atoms with Crippen molar-refractivity contribution < 1.29 is 0 Å². The van der Waals surface area contributed by atoms with Gasteiger partial charge in [-0.2, -0.15) is 10.1 Å². The van der Waals surface area contributed by atoms with Crippen molar-refractivity contribution in [2.24, 2.45) is 7.05 Å². The van der Waals surface area contributed by atoms with Crippen LogP contribution in [-0.2, 0) is 7.05 Å². The van der Waals surface area contributed by atoms with Crippen LogP contribution in [0.2, 0.25) is 5.02 Å². The summed E-state index contributed by atoms with van der Waals surface area (Å²) in [5, 5.41) is 5.94. The highest BCUT2D eigenvalue weighted by Gasteiger charge is 2.25. The smallest absolute Gasteiger partial charge is 0.276 e. The predicted molar refractivity (Wildman–Crippen MR) is 116 cm³/mol. The van der Waals surface area contributed by atoms with Gasteiger partial charge in [0.2, 0.25) is 0 Å². The van der Waals surface area contributed by atoms with E-state index in [-0.39, 0.29) is 5.82 Å². The molecule has 8 heteroatoms. The van der Waals surface area contributed by atoms with Crippen LogP contribution in [0.4, 0.5) is 0 Å². The van der Waals surface area contributed by atoms with Crippen LogP contribution in [0, 0.1) is 6.92 Å². The number of para-hydroxylation sites is 2. The molecule has 5 rings (SSSR count). The molecule has 0 amide bonds. The monoisotopic (exact) mass is 417 g/mol. The normalized spacial score (nSPS) is 11.4. The maximum absolute atomic E-state index is 12.9. The van der Waals surface area contributed by atoms with Crippen LogP contribution in [0.3, 0.4) is 0 Å². The number of pyridine rings is 1. The molecule has 3 aromatic rings. The predicted octanol–water partition coefficient (Wildman–Crippen LogP) is 3.34. The maximum Gasteiger partial charge on any atom is 0.352 e. The number of benzene rings is 2. The van der Waals surface area contributed by atoms with Gasteiger partial charge in [-0.05, 0) is 37.3 Å². The Hall–Kier alpha value is -3.71. The molecule has 2 aliphatic rings. The van der Waals surface area contributed by atoms with E-state index in [1.165, 1.54) is 7.05 Å². The Kier molecular flexibility index (Phi) is 4.08. The summed E-state index contributed by atoms with van der Waals surface area (Å²) in [6.07, 6.45) is 0. The van der Waals surface area contributed by atoms with Gasteiger partial charge in [0.1, 0.15) is 5.65 Å². The third-order valence-electron chi connectivity index (χ3n) is 5.15. The van der Waals surface area contributed by atoms with Gasteiger partial charge in [0.15, 0.2) is 5.82 Å². The van der Waals surface area contributed by atoms with Gasteiger partial charge in [-0.1, -0.05) is 41.9 Å². The second-order valence-corrected chi connectivity index (χ2v) is 7.40. The molecule has 2 aliphatic heterocycles. The van der Waals surface area contributed by atoms with E-state index in [1.807, 2.05) is 55.5 Å². The first-order valence-electron chi connectivity index (χ1n) is 9.30. The van der Waals surface area contributed by atoms with Crippen molar-refractivity contribution in [2.45, 2.75) is 6.92 Å². The zero-order valence-electron chi connectivity index (χ0n) is 16.2. The summed E-state index contributed by atoms with van der Waals surface area (Å²) >= 11 is 6.54. The number of fused-ring (bicyclic) bond motifs is 2. The van der Waals surface area contributed by atoms with Gasteiger partial charge in [-0.3, -0.25) is 13.9 Å². The van der Waals surface area contributed by atoms with E-state index in [1.54, 1.807) is 21.4 Å². The van der Waals surface area contributed by atoms with Crippen LogP contribution in [-0.4, -0.2) is 23.9 Å². The lowest BCUT2D eigenvalue weighted by Crippen LogP contribution is -2.35. The van der Waals surface area contributed by atoms with Crippen molar-refractivity contribution in [1.82, 2.24) is 23.9 Å². The fourth-order valence-corrected chi connectivity index (χ4v) is 3.87. The highest BCUT2D eigenvalue weighted by molar-refractivity contribution is 6.32. The second kappa shape index (κ2) is 6.67. The zero-order chi connectivity index (χ0) is 21.0. The topological polar surface area (TPSA) is 74.7 Å². The lowest BCUT2D eigenvalue weighted by atomic mass is 10.1. The average molecular weight is 418 g/mol. The molecule has 0 aliphatic carbocycles. The molecule has 0 unspecified atom stereocenters. The lowest BCUT2D eigenvalue weighted by Gasteiger charge is -2.19. The van der Waals surface area contributed by atoms with Gasteiger partial charge in [-0.25, -0.2) is 9.48 Å². The summed E-state index contributed by atoms with van der Waals surface area (Å²) < 4.78 is 4.52. The summed E-state index contributed by atoms with van der Waals surface area (Å²) in [5.41, 5.74) is 2.12. The van der Waals surface area contributed by atoms with Gasteiger partial charge < -0.3 is 0 Å². The molecule has 0 atom stereocenters. The van der Waals surface area contributed by atoms with Crippen molar-refractivity contribution in [2.75, 3.05) is 0 Å². The molecule has 2 aromatic carbocycles. The van der Waals surface area contributed by atoms with E-state index in [4.69, 9.17) is 16.7 Å². The van der Waals surface area contributed by atoms with Gasteiger partial charge in [0, 0.05) is 12.4 Å². The van der Waals surface area contributed by atoms with Gasteiger partial charge in [0.05, 0.1) is 27.7 Å². The van der Waals surface area contributed by atoms with E-state index in [0.29, 0.717) is 21.9 Å². The lowest BCUT2D eigenvalue weighted by molar-refractivity contribution is 0.763. The van der Waals surface area contributed by atoms with E-state index in [9.17, 15) is 9.59 Å². The number of aryl methyl sites for hydroxylation is 1. The SMILES string of the molecule is Cc1nn(-c2ccccc2)c2c1cc1c(=O)n(C)c(=O)nc-1n2-c1ccccc1Cl. The quantitative estimate of drug-likeness (QED) is 0.441. The number of aromatic nitrogens is 5. The number of halogens is 1. The van der Waals surface area contributed by atoms with Crippen LogP contribution >= 0.6 is 11.6 Å². The highest BCUT2D eigenvalue weighted by Crippen LogP contribution is 2.33. The minimum Gasteiger partial charge on any atom is -0.276 e. The Bertz CT molecular complexity index is 1510. The molecule has 1 aromatic heterocycles. The fourth-order valence-electron chi connectivity index (χ4n) is 3.65. The molecule has 0 bridgehead atoms. The molecule has 0 saturated carbocycles. The minimum absolute atomic E-state index is 0.237. The van der Waals surface area contributed by atoms with Crippen molar-refractivity contribution in [3.8, 4) is 22.8 Å². The van der Waals surface area contributed by atoms with E-state index in [2.05, 4.69) is 4.98 Å². The van der Waals surface area contributed by atoms with Crippen molar-refractivity contribution in [1.29, 1.82) is 0 Å². The summed E-state index contributed by atoms with van der Waals surface area (Å²) in [7, 11) is 1.42. The Morgan fingerprint density at radius 3 is 2.40 bits per heavy atom. The first kappa shape index (κ1) is 18.3. The summed E-state index contributed by atoms with van der Waals surface area (Å²) in [6, 6.07) is 18.6. The Labute approximate surface area is 175 Å². The summed E-state index contributed by atoms with van der Waals surface area (Å²) in [5.74, 6) is 0.237. The van der Waals surface area contributed by atoms with Crippen LogP contribution in [0.25, 0.3) is 33.8 Å². The van der Waals surface area contributed by atoms with Crippen LogP contribution in [0.5, 0.6) is 0 Å². The first-order chi connectivity index (χ1) is 14.5. The van der Waals surface area contributed by atoms with Gasteiger partial charge in [-0.15, -0.1) is 0 Å². The number of nitrogens with zero attached hydrogens (tertiary/aromatic N) is 5. The Morgan fingerprint density at radius 1 is 0.967 bits per heavy atom. The third kappa shape index (κ3) is 2.59. The van der Waals surface area contributed by atoms with Crippen LogP contribution < -0.4 is 11.2 Å². The molecular weight excluding hydrogens is 402 g/mol. The fraction of sp³-hybridized carbons (Fsp3) is 0.0909. The van der Waals surface area contributed by atoms with Crippen molar-refractivity contribution in [3.63, 3.8) is 0 Å². The first-order valence-corrected chi connectivity index (χ1v) is 9.67. The molecule has 0 fully saturated rings. The molecule has 3 heterocycles. The molecule has 7 nitrogen and oxygen atoms in total. The highest BCUT2D eigenvalue weighted by atomic mass is 35.5. The van der Waals surface area contributed by atoms with Gasteiger partial charge in [0.25, 0.3) is 5.56 Å². The van der Waals surface area contributed by atoms with Crippen molar-refractivity contribution in [3.05, 3.63) is 92.2 Å². The number of hydrogen-bond acceptors (Lipinski definition) is 4. The summed E-state index contributed by atoms with van der Waals surface area (Å²) in [6.45, 7) is 1.88. The Morgan fingerprint density at radius 2 is 1.67 bits per heavy atom. The molecular formula is C22H16ClN5O2. The standard InChI is InChI=1S/C22H16ClN5O2/c1-13-15-12-16-19(24-22(30)26(2)21(16)29)27(18-11-7-6-10-17(18)23)20(15)28(25-13)14-8-4-3-5-9-14/h3-12H,1-2H3. The van der Waals surface area contributed by atoms with Crippen LogP contribution in [0.15, 0.2) is 70.3 Å². The molecule has 0 radical (unpaired) electrons. The average Bonchev–Trinajstić information content (AvgIpc) is 3.09. The Balaban J connectivity index is 2.08.